The van der Waals surface area contributed by atoms with Gasteiger partial charge in [-0.1, -0.05) is 6.08 Å². The van der Waals surface area contributed by atoms with Crippen molar-refractivity contribution in [1.82, 2.24) is 9.55 Å². The monoisotopic (exact) mass is 269 g/mol. The quantitative estimate of drug-likeness (QED) is 0.772. The highest BCUT2D eigenvalue weighted by Crippen LogP contribution is 2.32. The molecule has 0 aromatic carbocycles. The van der Waals surface area contributed by atoms with Crippen LogP contribution in [0.5, 0.6) is 0 Å². The zero-order chi connectivity index (χ0) is 14.0. The van der Waals surface area contributed by atoms with E-state index in [1.54, 1.807) is 0 Å². The molecule has 0 aliphatic carbocycles. The van der Waals surface area contributed by atoms with Crippen LogP contribution in [0.3, 0.4) is 0 Å². The van der Waals surface area contributed by atoms with Gasteiger partial charge in [0.15, 0.2) is 6.23 Å². The fourth-order valence-corrected chi connectivity index (χ4v) is 2.09. The molecule has 1 aromatic rings. The van der Waals surface area contributed by atoms with Crippen LogP contribution in [0.4, 0.5) is 10.2 Å². The lowest BCUT2D eigenvalue weighted by Gasteiger charge is -2.18. The fourth-order valence-electron chi connectivity index (χ4n) is 2.09. The van der Waals surface area contributed by atoms with Crippen LogP contribution in [0.15, 0.2) is 29.7 Å². The topological polar surface area (TPSA) is 90.4 Å². The number of aliphatic hydroxyl groups excluding tert-OH is 1. The predicted octanol–water partition coefficient (Wildman–Crippen LogP) is 0.388. The van der Waals surface area contributed by atoms with Crippen LogP contribution in [-0.2, 0) is 4.74 Å². The Bertz CT molecular complexity index is 519. The van der Waals surface area contributed by atoms with Crippen molar-refractivity contribution in [2.24, 2.45) is 0 Å². The van der Waals surface area contributed by atoms with Gasteiger partial charge < -0.3 is 15.6 Å². The molecule has 6 nitrogen and oxygen atoms in total. The summed E-state index contributed by atoms with van der Waals surface area (Å²) in [7, 11) is 0. The number of halogens is 1. The maximum atomic E-state index is 13.9. The minimum absolute atomic E-state index is 0.0243. The van der Waals surface area contributed by atoms with Gasteiger partial charge in [-0.3, -0.25) is 4.57 Å². The molecule has 104 valence electrons. The molecule has 2 heterocycles. The van der Waals surface area contributed by atoms with E-state index in [1.807, 2.05) is 0 Å². The molecule has 1 aliphatic rings. The third kappa shape index (κ3) is 2.82. The van der Waals surface area contributed by atoms with E-state index in [1.165, 1.54) is 18.3 Å². The van der Waals surface area contributed by atoms with E-state index in [4.69, 9.17) is 10.5 Å². The second-order valence-electron chi connectivity index (χ2n) is 4.45. The second-order valence-corrected chi connectivity index (χ2v) is 4.45. The van der Waals surface area contributed by atoms with Gasteiger partial charge in [-0.2, -0.15) is 4.98 Å². The molecule has 1 unspecified atom stereocenters. The summed E-state index contributed by atoms with van der Waals surface area (Å²) in [5.74, 6) is 0.0675. The van der Waals surface area contributed by atoms with Crippen molar-refractivity contribution in [2.45, 2.75) is 37.4 Å². The number of hydrogen-bond acceptors (Lipinski definition) is 5. The first kappa shape index (κ1) is 13.7. The molecule has 1 saturated heterocycles. The molecule has 0 spiro atoms. The normalized spacial score (nSPS) is 28.2. The summed E-state index contributed by atoms with van der Waals surface area (Å²) in [5, 5.41) is 9.76. The summed E-state index contributed by atoms with van der Waals surface area (Å²) < 4.78 is 20.4. The Morgan fingerprint density at radius 2 is 2.53 bits per heavy atom. The molecule has 0 saturated carbocycles. The summed E-state index contributed by atoms with van der Waals surface area (Å²) >= 11 is 0. The maximum Gasteiger partial charge on any atom is 0.351 e. The molecule has 0 radical (unpaired) electrons. The van der Waals surface area contributed by atoms with Gasteiger partial charge in [-0.15, -0.1) is 6.58 Å². The molecular weight excluding hydrogens is 253 g/mol. The average molecular weight is 269 g/mol. The number of anilines is 1. The number of rotatable bonds is 4. The van der Waals surface area contributed by atoms with E-state index in [0.717, 1.165) is 4.57 Å². The molecule has 0 amide bonds. The predicted molar refractivity (Wildman–Crippen MR) is 67.2 cm³/mol. The van der Waals surface area contributed by atoms with Gasteiger partial charge in [0.1, 0.15) is 12.0 Å². The third-order valence-electron chi connectivity index (χ3n) is 3.04. The highest BCUT2D eigenvalue weighted by molar-refractivity contribution is 5.23. The Morgan fingerprint density at radius 1 is 1.79 bits per heavy atom. The van der Waals surface area contributed by atoms with E-state index in [-0.39, 0.29) is 12.2 Å². The van der Waals surface area contributed by atoms with E-state index >= 15 is 0 Å². The molecule has 1 aliphatic heterocycles. The van der Waals surface area contributed by atoms with Crippen LogP contribution in [0.2, 0.25) is 0 Å². The van der Waals surface area contributed by atoms with Crippen molar-refractivity contribution in [3.63, 3.8) is 0 Å². The fraction of sp³-hybridized carbons (Fsp3) is 0.500. The van der Waals surface area contributed by atoms with Crippen LogP contribution in [0.1, 0.15) is 19.1 Å². The summed E-state index contributed by atoms with van der Waals surface area (Å²) in [4.78, 5) is 15.1. The van der Waals surface area contributed by atoms with Crippen molar-refractivity contribution in [1.29, 1.82) is 0 Å². The van der Waals surface area contributed by atoms with Gasteiger partial charge in [0.25, 0.3) is 0 Å². The lowest BCUT2D eigenvalue weighted by atomic mass is 10.1. The van der Waals surface area contributed by atoms with Gasteiger partial charge in [-0.05, 0) is 12.5 Å². The van der Waals surface area contributed by atoms with Crippen LogP contribution >= 0.6 is 0 Å². The van der Waals surface area contributed by atoms with Crippen molar-refractivity contribution in [3.05, 3.63) is 35.4 Å². The first-order valence-electron chi connectivity index (χ1n) is 5.96. The van der Waals surface area contributed by atoms with Gasteiger partial charge in [-0.25, -0.2) is 9.18 Å². The molecule has 2 rings (SSSR count). The van der Waals surface area contributed by atoms with E-state index < -0.39 is 30.3 Å². The van der Waals surface area contributed by atoms with Crippen LogP contribution < -0.4 is 11.4 Å². The smallest absolute Gasteiger partial charge is 0.351 e. The van der Waals surface area contributed by atoms with Gasteiger partial charge in [0, 0.05) is 12.6 Å². The van der Waals surface area contributed by atoms with Gasteiger partial charge in [0.05, 0.1) is 12.2 Å². The van der Waals surface area contributed by atoms with Gasteiger partial charge in [0.2, 0.25) is 0 Å². The summed E-state index contributed by atoms with van der Waals surface area (Å²) in [5.41, 5.74) is 4.69. The summed E-state index contributed by atoms with van der Waals surface area (Å²) in [6.45, 7) is 3.50. The number of ether oxygens (including phenoxy) is 1. The van der Waals surface area contributed by atoms with E-state index in [9.17, 15) is 14.3 Å². The summed E-state index contributed by atoms with van der Waals surface area (Å²) in [6, 6.07) is 1.39. The highest BCUT2D eigenvalue weighted by atomic mass is 19.1. The van der Waals surface area contributed by atoms with Crippen LogP contribution in [-0.4, -0.2) is 33.0 Å². The molecule has 19 heavy (non-hydrogen) atoms. The number of hydrogen-bond donors (Lipinski definition) is 2. The van der Waals surface area contributed by atoms with E-state index in [2.05, 4.69) is 11.6 Å². The lowest BCUT2D eigenvalue weighted by Crippen LogP contribution is -2.31. The Morgan fingerprint density at radius 3 is 3.16 bits per heavy atom. The SMILES string of the molecule is C=CC[C@H](O)C1C[C@H](F)[C@H](n2ccc(N)nc2=O)O1. The summed E-state index contributed by atoms with van der Waals surface area (Å²) in [6.07, 6.45) is -0.760. The molecule has 4 atom stereocenters. The first-order valence-corrected chi connectivity index (χ1v) is 5.96. The Balaban J connectivity index is 2.17. The standard InChI is InChI=1S/C12H16FN3O3/c1-2-3-8(17)9-6-7(13)11(19-9)16-5-4-10(14)15-12(16)18/h2,4-5,7-9,11,17H,1,3,6H2,(H2,14,15,18)/t7-,8-,9?,11+/m0/s1. The largest absolute Gasteiger partial charge is 0.390 e. The Hall–Kier alpha value is -1.73. The number of nitrogens with zero attached hydrogens (tertiary/aromatic N) is 2. The van der Waals surface area contributed by atoms with Crippen molar-refractivity contribution in [3.8, 4) is 0 Å². The minimum Gasteiger partial charge on any atom is -0.390 e. The average Bonchev–Trinajstić information content (AvgIpc) is 2.72. The Labute approximate surface area is 109 Å². The number of alkyl halides is 1. The third-order valence-corrected chi connectivity index (χ3v) is 3.04. The zero-order valence-corrected chi connectivity index (χ0v) is 10.3. The number of aliphatic hydroxyl groups is 1. The van der Waals surface area contributed by atoms with Gasteiger partial charge >= 0.3 is 5.69 Å². The number of nitrogens with two attached hydrogens (primary N) is 1. The second kappa shape index (κ2) is 5.50. The molecular formula is C12H16FN3O3. The zero-order valence-electron chi connectivity index (χ0n) is 10.3. The number of aromatic nitrogens is 2. The molecule has 3 N–H and O–H groups in total. The maximum absolute atomic E-state index is 13.9. The van der Waals surface area contributed by atoms with Crippen LogP contribution in [0.25, 0.3) is 0 Å². The molecule has 0 bridgehead atoms. The minimum atomic E-state index is -1.38. The number of nitrogen functional groups attached to an aromatic ring is 1. The van der Waals surface area contributed by atoms with Crippen molar-refractivity contribution < 1.29 is 14.2 Å². The Kier molecular flexibility index (Phi) is 3.96. The van der Waals surface area contributed by atoms with Crippen molar-refractivity contribution >= 4 is 5.82 Å². The molecule has 1 aromatic heterocycles. The first-order chi connectivity index (χ1) is 9.02. The molecule has 1 fully saturated rings. The van der Waals surface area contributed by atoms with E-state index in [0.29, 0.717) is 6.42 Å². The lowest BCUT2D eigenvalue weighted by molar-refractivity contribution is -0.0682. The van der Waals surface area contributed by atoms with Crippen molar-refractivity contribution in [2.75, 3.05) is 5.73 Å². The molecule has 7 heteroatoms. The highest BCUT2D eigenvalue weighted by Gasteiger charge is 2.40. The van der Waals surface area contributed by atoms with Crippen LogP contribution in [0, 0.1) is 0 Å².